The van der Waals surface area contributed by atoms with E-state index in [1.54, 1.807) is 6.92 Å². The lowest BCUT2D eigenvalue weighted by Crippen LogP contribution is -2.24. The van der Waals surface area contributed by atoms with Crippen molar-refractivity contribution >= 4 is 15.7 Å². The number of hydrogen-bond donors (Lipinski definition) is 1. The molecule has 2 aromatic rings. The minimum absolute atomic E-state index is 0.229. The fourth-order valence-electron chi connectivity index (χ4n) is 1.64. The molecule has 2 rings (SSSR count). The normalized spacial score (nSPS) is 11.5. The van der Waals surface area contributed by atoms with E-state index >= 15 is 0 Å². The Hall–Kier alpha value is -2.33. The van der Waals surface area contributed by atoms with E-state index in [0.29, 0.717) is 11.5 Å². The van der Waals surface area contributed by atoms with E-state index in [4.69, 9.17) is 4.52 Å². The Morgan fingerprint density at radius 3 is 2.76 bits per heavy atom. The lowest BCUT2D eigenvalue weighted by molar-refractivity contribution is -0.390. The van der Waals surface area contributed by atoms with Gasteiger partial charge in [-0.25, -0.2) is 13.1 Å². The van der Waals surface area contributed by atoms with Crippen LogP contribution in [0.5, 0.6) is 0 Å². The standard InChI is InChI=1S/C11H10FN3O5S/c1-7-5-8(14-20-7)6-13-21(18,19)10-4-2-3-9(12)11(10)15(16)17/h2-5,13H,6H2,1H3. The number of aryl methyl sites for hydroxylation is 1. The molecule has 0 aliphatic carbocycles. The molecule has 0 saturated heterocycles. The maximum absolute atomic E-state index is 13.4. The van der Waals surface area contributed by atoms with Crippen LogP contribution in [0, 0.1) is 22.9 Å². The summed E-state index contributed by atoms with van der Waals surface area (Å²) >= 11 is 0. The Kier molecular flexibility index (Phi) is 4.00. The summed E-state index contributed by atoms with van der Waals surface area (Å²) in [6.45, 7) is 1.40. The summed E-state index contributed by atoms with van der Waals surface area (Å²) < 4.78 is 44.4. The largest absolute Gasteiger partial charge is 0.361 e. The molecule has 0 radical (unpaired) electrons. The van der Waals surface area contributed by atoms with Gasteiger partial charge in [0.2, 0.25) is 15.8 Å². The second kappa shape index (κ2) is 5.58. The molecule has 0 saturated carbocycles. The van der Waals surface area contributed by atoms with E-state index in [9.17, 15) is 22.9 Å². The number of nitrogens with one attached hydrogen (secondary N) is 1. The third-order valence-electron chi connectivity index (χ3n) is 2.54. The molecule has 10 heteroatoms. The number of nitro groups is 1. The summed E-state index contributed by atoms with van der Waals surface area (Å²) in [7, 11) is -4.26. The number of sulfonamides is 1. The van der Waals surface area contributed by atoms with Crippen molar-refractivity contribution in [3.63, 3.8) is 0 Å². The zero-order valence-electron chi connectivity index (χ0n) is 10.7. The zero-order chi connectivity index (χ0) is 15.6. The Balaban J connectivity index is 2.32. The number of aromatic nitrogens is 1. The fourth-order valence-corrected chi connectivity index (χ4v) is 2.82. The molecule has 0 amide bonds. The van der Waals surface area contributed by atoms with Gasteiger partial charge in [0.25, 0.3) is 0 Å². The lowest BCUT2D eigenvalue weighted by Gasteiger charge is -2.06. The van der Waals surface area contributed by atoms with Gasteiger partial charge in [0.15, 0.2) is 4.90 Å². The van der Waals surface area contributed by atoms with Gasteiger partial charge in [0.05, 0.1) is 17.2 Å². The first-order valence-corrected chi connectivity index (χ1v) is 7.14. The highest BCUT2D eigenvalue weighted by molar-refractivity contribution is 7.89. The topological polar surface area (TPSA) is 115 Å². The number of halogens is 1. The van der Waals surface area contributed by atoms with E-state index in [-0.39, 0.29) is 6.54 Å². The van der Waals surface area contributed by atoms with Crippen molar-refractivity contribution in [2.24, 2.45) is 0 Å². The molecule has 0 aliphatic heterocycles. The summed E-state index contributed by atoms with van der Waals surface area (Å²) in [6, 6.07) is 4.36. The molecule has 112 valence electrons. The summed E-state index contributed by atoms with van der Waals surface area (Å²) in [6.07, 6.45) is 0. The van der Waals surface area contributed by atoms with Gasteiger partial charge in [0, 0.05) is 6.07 Å². The third-order valence-corrected chi connectivity index (χ3v) is 3.97. The van der Waals surface area contributed by atoms with Crippen molar-refractivity contribution < 1.29 is 22.3 Å². The van der Waals surface area contributed by atoms with E-state index in [0.717, 1.165) is 18.2 Å². The van der Waals surface area contributed by atoms with Crippen LogP contribution in [0.2, 0.25) is 0 Å². The molecule has 1 aromatic heterocycles. The van der Waals surface area contributed by atoms with Crippen molar-refractivity contribution in [2.45, 2.75) is 18.4 Å². The smallest absolute Gasteiger partial charge is 0.324 e. The van der Waals surface area contributed by atoms with Crippen LogP contribution in [0.4, 0.5) is 10.1 Å². The molecule has 0 fully saturated rings. The monoisotopic (exact) mass is 315 g/mol. The van der Waals surface area contributed by atoms with E-state index in [1.165, 1.54) is 6.07 Å². The molecular formula is C11H10FN3O5S. The quantitative estimate of drug-likeness (QED) is 0.660. The summed E-state index contributed by atoms with van der Waals surface area (Å²) in [4.78, 5) is 8.99. The molecule has 0 spiro atoms. The minimum atomic E-state index is -4.26. The SMILES string of the molecule is Cc1cc(CNS(=O)(=O)c2cccc(F)c2[N+](=O)[O-])no1. The highest BCUT2D eigenvalue weighted by Crippen LogP contribution is 2.26. The van der Waals surface area contributed by atoms with Crippen LogP contribution in [-0.2, 0) is 16.6 Å². The van der Waals surface area contributed by atoms with Gasteiger partial charge in [-0.3, -0.25) is 10.1 Å². The van der Waals surface area contributed by atoms with Gasteiger partial charge in [-0.05, 0) is 19.1 Å². The Morgan fingerprint density at radius 1 is 1.48 bits per heavy atom. The number of rotatable bonds is 5. The van der Waals surface area contributed by atoms with Crippen LogP contribution in [0.25, 0.3) is 0 Å². The predicted octanol–water partition coefficient (Wildman–Crippen LogP) is 1.51. The Bertz CT molecular complexity index is 787. The molecule has 1 heterocycles. The first-order chi connectivity index (χ1) is 9.81. The van der Waals surface area contributed by atoms with Crippen LogP contribution >= 0.6 is 0 Å². The first-order valence-electron chi connectivity index (χ1n) is 5.66. The average Bonchev–Trinajstić information content (AvgIpc) is 2.82. The third kappa shape index (κ3) is 3.23. The van der Waals surface area contributed by atoms with Gasteiger partial charge in [-0.15, -0.1) is 0 Å². The summed E-state index contributed by atoms with van der Waals surface area (Å²) in [5, 5.41) is 14.4. The maximum atomic E-state index is 13.4. The minimum Gasteiger partial charge on any atom is -0.361 e. The van der Waals surface area contributed by atoms with Gasteiger partial charge >= 0.3 is 5.69 Å². The highest BCUT2D eigenvalue weighted by Gasteiger charge is 2.29. The Labute approximate surface area is 118 Å². The number of para-hydroxylation sites is 1. The van der Waals surface area contributed by atoms with E-state index in [1.807, 2.05) is 0 Å². The average molecular weight is 315 g/mol. The predicted molar refractivity (Wildman–Crippen MR) is 68.3 cm³/mol. The first kappa shape index (κ1) is 15.1. The second-order valence-electron chi connectivity index (χ2n) is 4.10. The van der Waals surface area contributed by atoms with Crippen LogP contribution in [-0.4, -0.2) is 18.5 Å². The van der Waals surface area contributed by atoms with Crippen LogP contribution in [0.1, 0.15) is 11.5 Å². The number of nitro benzene ring substituents is 1. The molecule has 0 bridgehead atoms. The van der Waals surface area contributed by atoms with E-state index in [2.05, 4.69) is 9.88 Å². The number of benzene rings is 1. The van der Waals surface area contributed by atoms with Crippen molar-refractivity contribution in [1.82, 2.24) is 9.88 Å². The molecule has 0 unspecified atom stereocenters. The van der Waals surface area contributed by atoms with Crippen molar-refractivity contribution in [2.75, 3.05) is 0 Å². The Morgan fingerprint density at radius 2 is 2.19 bits per heavy atom. The molecule has 0 atom stereocenters. The van der Waals surface area contributed by atoms with Crippen LogP contribution < -0.4 is 4.72 Å². The number of hydrogen-bond acceptors (Lipinski definition) is 6. The summed E-state index contributed by atoms with van der Waals surface area (Å²) in [5.74, 6) is -0.735. The van der Waals surface area contributed by atoms with E-state index < -0.39 is 31.3 Å². The van der Waals surface area contributed by atoms with Gasteiger partial charge in [0.1, 0.15) is 5.76 Å². The van der Waals surface area contributed by atoms with Crippen LogP contribution in [0.15, 0.2) is 33.7 Å². The summed E-state index contributed by atoms with van der Waals surface area (Å²) in [5.41, 5.74) is -0.795. The highest BCUT2D eigenvalue weighted by atomic mass is 32.2. The molecule has 21 heavy (non-hydrogen) atoms. The fraction of sp³-hybridized carbons (Fsp3) is 0.182. The molecule has 0 aliphatic rings. The number of nitrogens with zero attached hydrogens (tertiary/aromatic N) is 2. The van der Waals surface area contributed by atoms with Crippen molar-refractivity contribution in [3.8, 4) is 0 Å². The molecular weight excluding hydrogens is 305 g/mol. The molecule has 1 N–H and O–H groups in total. The van der Waals surface area contributed by atoms with Gasteiger partial charge in [-0.1, -0.05) is 11.2 Å². The van der Waals surface area contributed by atoms with Gasteiger partial charge in [-0.2, -0.15) is 4.39 Å². The van der Waals surface area contributed by atoms with Crippen molar-refractivity contribution in [1.29, 1.82) is 0 Å². The molecule has 8 nitrogen and oxygen atoms in total. The maximum Gasteiger partial charge on any atom is 0.324 e. The second-order valence-corrected chi connectivity index (χ2v) is 5.83. The zero-order valence-corrected chi connectivity index (χ0v) is 11.6. The molecule has 1 aromatic carbocycles. The van der Waals surface area contributed by atoms with Gasteiger partial charge < -0.3 is 4.52 Å². The van der Waals surface area contributed by atoms with Crippen LogP contribution in [0.3, 0.4) is 0 Å². The lowest BCUT2D eigenvalue weighted by atomic mass is 10.3. The van der Waals surface area contributed by atoms with Crippen molar-refractivity contribution in [3.05, 3.63) is 51.7 Å².